The second-order valence-electron chi connectivity index (χ2n) is 5.02. The van der Waals surface area contributed by atoms with Gasteiger partial charge < -0.3 is 14.4 Å². The number of likely N-dealkylation sites (tertiary alicyclic amines) is 1. The molecule has 0 bridgehead atoms. The first-order chi connectivity index (χ1) is 9.17. The van der Waals surface area contributed by atoms with Crippen molar-refractivity contribution in [2.24, 2.45) is 0 Å². The van der Waals surface area contributed by atoms with Gasteiger partial charge in [0.15, 0.2) is 0 Å². The van der Waals surface area contributed by atoms with Crippen molar-refractivity contribution in [1.29, 1.82) is 0 Å². The lowest BCUT2D eigenvalue weighted by Crippen LogP contribution is -2.35. The highest BCUT2D eigenvalue weighted by Gasteiger charge is 2.17. The predicted octanol–water partition coefficient (Wildman–Crippen LogP) is 1.88. The number of nitrogens with zero attached hydrogens (tertiary/aromatic N) is 1. The molecule has 0 saturated carbocycles. The molecule has 4 nitrogen and oxygen atoms in total. The van der Waals surface area contributed by atoms with Crippen molar-refractivity contribution in [3.63, 3.8) is 0 Å². The Bertz CT molecular complexity index is 408. The van der Waals surface area contributed by atoms with Gasteiger partial charge in [-0.15, -0.1) is 0 Å². The molecular formula is C15H21NO3. The van der Waals surface area contributed by atoms with Gasteiger partial charge in [0.05, 0.1) is 13.5 Å². The van der Waals surface area contributed by atoms with Crippen molar-refractivity contribution in [2.45, 2.75) is 25.4 Å². The molecule has 1 saturated heterocycles. The van der Waals surface area contributed by atoms with Crippen LogP contribution in [0.5, 0.6) is 5.75 Å². The number of carbonyl (C=O) groups is 1. The summed E-state index contributed by atoms with van der Waals surface area (Å²) >= 11 is 0. The monoisotopic (exact) mass is 263 g/mol. The van der Waals surface area contributed by atoms with Crippen molar-refractivity contribution in [3.8, 4) is 5.75 Å². The van der Waals surface area contributed by atoms with Gasteiger partial charge in [0.2, 0.25) is 0 Å². The number of hydrogen-bond acceptors (Lipinski definition) is 4. The van der Waals surface area contributed by atoms with Gasteiger partial charge in [0, 0.05) is 13.1 Å². The van der Waals surface area contributed by atoms with Crippen LogP contribution in [0.15, 0.2) is 24.3 Å². The van der Waals surface area contributed by atoms with Gasteiger partial charge in [0.25, 0.3) is 0 Å². The fourth-order valence-corrected chi connectivity index (χ4v) is 2.22. The third-order valence-corrected chi connectivity index (χ3v) is 3.47. The van der Waals surface area contributed by atoms with Gasteiger partial charge in [-0.1, -0.05) is 12.1 Å². The molecule has 0 aliphatic carbocycles. The van der Waals surface area contributed by atoms with Crippen LogP contribution in [-0.2, 0) is 16.0 Å². The standard InChI is InChI=1S/C15H21NO3/c1-16-9-7-14(8-10-16)19-13-5-3-12(4-6-13)11-15(17)18-2/h3-6,14H,7-11H2,1-2H3. The molecule has 1 heterocycles. The van der Waals surface area contributed by atoms with E-state index in [4.69, 9.17) is 4.74 Å². The van der Waals surface area contributed by atoms with Crippen LogP contribution in [0.2, 0.25) is 0 Å². The Morgan fingerprint density at radius 1 is 1.26 bits per heavy atom. The minimum absolute atomic E-state index is 0.219. The predicted molar refractivity (Wildman–Crippen MR) is 73.3 cm³/mol. The molecule has 1 fully saturated rings. The Morgan fingerprint density at radius 3 is 2.47 bits per heavy atom. The number of esters is 1. The first kappa shape index (κ1) is 13.9. The molecule has 0 atom stereocenters. The minimum atomic E-state index is -0.219. The number of benzene rings is 1. The van der Waals surface area contributed by atoms with Gasteiger partial charge in [0.1, 0.15) is 11.9 Å². The van der Waals surface area contributed by atoms with Crippen molar-refractivity contribution >= 4 is 5.97 Å². The van der Waals surface area contributed by atoms with Gasteiger partial charge in [-0.25, -0.2) is 0 Å². The molecule has 0 unspecified atom stereocenters. The van der Waals surface area contributed by atoms with E-state index < -0.39 is 0 Å². The zero-order chi connectivity index (χ0) is 13.7. The summed E-state index contributed by atoms with van der Waals surface area (Å²) < 4.78 is 10.6. The summed E-state index contributed by atoms with van der Waals surface area (Å²) in [5.74, 6) is 0.659. The summed E-state index contributed by atoms with van der Waals surface area (Å²) in [6.45, 7) is 2.18. The summed E-state index contributed by atoms with van der Waals surface area (Å²) in [5.41, 5.74) is 0.947. The number of ether oxygens (including phenoxy) is 2. The largest absolute Gasteiger partial charge is 0.490 e. The van der Waals surface area contributed by atoms with E-state index in [1.807, 2.05) is 24.3 Å². The highest BCUT2D eigenvalue weighted by Crippen LogP contribution is 2.19. The second kappa shape index (κ2) is 6.57. The van der Waals surface area contributed by atoms with Crippen molar-refractivity contribution in [2.75, 3.05) is 27.2 Å². The zero-order valence-corrected chi connectivity index (χ0v) is 11.6. The summed E-state index contributed by atoms with van der Waals surface area (Å²) in [5, 5.41) is 0. The smallest absolute Gasteiger partial charge is 0.309 e. The summed E-state index contributed by atoms with van der Waals surface area (Å²) in [4.78, 5) is 13.5. The molecular weight excluding hydrogens is 242 g/mol. The Morgan fingerprint density at radius 2 is 1.89 bits per heavy atom. The van der Waals surface area contributed by atoms with E-state index in [9.17, 15) is 4.79 Å². The quantitative estimate of drug-likeness (QED) is 0.777. The molecule has 0 radical (unpaired) electrons. The maximum Gasteiger partial charge on any atom is 0.309 e. The van der Waals surface area contributed by atoms with E-state index in [1.54, 1.807) is 0 Å². The van der Waals surface area contributed by atoms with Crippen LogP contribution in [0, 0.1) is 0 Å². The lowest BCUT2D eigenvalue weighted by Gasteiger charge is -2.29. The topological polar surface area (TPSA) is 38.8 Å². The first-order valence-corrected chi connectivity index (χ1v) is 6.68. The Labute approximate surface area is 114 Å². The molecule has 0 amide bonds. The van der Waals surface area contributed by atoms with E-state index in [0.717, 1.165) is 37.2 Å². The zero-order valence-electron chi connectivity index (χ0n) is 11.6. The van der Waals surface area contributed by atoms with Gasteiger partial charge in [-0.3, -0.25) is 4.79 Å². The highest BCUT2D eigenvalue weighted by atomic mass is 16.5. The molecule has 4 heteroatoms. The fourth-order valence-electron chi connectivity index (χ4n) is 2.22. The molecule has 1 aromatic rings. The summed E-state index contributed by atoms with van der Waals surface area (Å²) in [6.07, 6.45) is 2.76. The number of methoxy groups -OCH3 is 1. The Balaban J connectivity index is 1.86. The molecule has 1 aliphatic heterocycles. The van der Waals surface area contributed by atoms with E-state index in [1.165, 1.54) is 7.11 Å². The van der Waals surface area contributed by atoms with E-state index in [2.05, 4.69) is 16.7 Å². The van der Waals surface area contributed by atoms with Crippen molar-refractivity contribution in [3.05, 3.63) is 29.8 Å². The molecule has 0 N–H and O–H groups in total. The van der Waals surface area contributed by atoms with Crippen molar-refractivity contribution in [1.82, 2.24) is 4.90 Å². The van der Waals surface area contributed by atoms with E-state index in [0.29, 0.717) is 12.5 Å². The second-order valence-corrected chi connectivity index (χ2v) is 5.02. The van der Waals surface area contributed by atoms with E-state index in [-0.39, 0.29) is 5.97 Å². The number of rotatable bonds is 4. The minimum Gasteiger partial charge on any atom is -0.490 e. The third-order valence-electron chi connectivity index (χ3n) is 3.47. The van der Waals surface area contributed by atoms with Crippen LogP contribution in [0.3, 0.4) is 0 Å². The number of piperidine rings is 1. The number of carbonyl (C=O) groups excluding carboxylic acids is 1. The molecule has 104 valence electrons. The third kappa shape index (κ3) is 4.24. The lowest BCUT2D eigenvalue weighted by molar-refractivity contribution is -0.139. The average Bonchev–Trinajstić information content (AvgIpc) is 2.43. The first-order valence-electron chi connectivity index (χ1n) is 6.68. The van der Waals surface area contributed by atoms with Crippen LogP contribution in [-0.4, -0.2) is 44.2 Å². The van der Waals surface area contributed by atoms with Gasteiger partial charge in [-0.2, -0.15) is 0 Å². The van der Waals surface area contributed by atoms with E-state index >= 15 is 0 Å². The average molecular weight is 263 g/mol. The molecule has 2 rings (SSSR count). The number of hydrogen-bond donors (Lipinski definition) is 0. The van der Waals surface area contributed by atoms with Crippen LogP contribution < -0.4 is 4.74 Å². The fraction of sp³-hybridized carbons (Fsp3) is 0.533. The molecule has 19 heavy (non-hydrogen) atoms. The van der Waals surface area contributed by atoms with Crippen LogP contribution in [0.1, 0.15) is 18.4 Å². The molecule has 1 aromatic carbocycles. The van der Waals surface area contributed by atoms with Gasteiger partial charge >= 0.3 is 5.97 Å². The Hall–Kier alpha value is -1.55. The molecule has 1 aliphatic rings. The lowest BCUT2D eigenvalue weighted by atomic mass is 10.1. The molecule has 0 spiro atoms. The maximum atomic E-state index is 11.2. The Kier molecular flexibility index (Phi) is 4.80. The highest BCUT2D eigenvalue weighted by molar-refractivity contribution is 5.72. The summed E-state index contributed by atoms with van der Waals surface area (Å²) in [6, 6.07) is 7.69. The normalized spacial score (nSPS) is 17.2. The van der Waals surface area contributed by atoms with Crippen LogP contribution in [0.25, 0.3) is 0 Å². The van der Waals surface area contributed by atoms with Crippen LogP contribution in [0.4, 0.5) is 0 Å². The maximum absolute atomic E-state index is 11.2. The molecule has 0 aromatic heterocycles. The SMILES string of the molecule is COC(=O)Cc1ccc(OC2CCN(C)CC2)cc1. The van der Waals surface area contributed by atoms with Crippen LogP contribution >= 0.6 is 0 Å². The van der Waals surface area contributed by atoms with Gasteiger partial charge in [-0.05, 0) is 37.6 Å². The summed E-state index contributed by atoms with van der Waals surface area (Å²) in [7, 11) is 3.54. The van der Waals surface area contributed by atoms with Crippen molar-refractivity contribution < 1.29 is 14.3 Å².